The third-order valence-electron chi connectivity index (χ3n) is 8.30. The lowest BCUT2D eigenvalue weighted by Crippen LogP contribution is -2.02. The summed E-state index contributed by atoms with van der Waals surface area (Å²) in [5.41, 5.74) is 11.5. The van der Waals surface area contributed by atoms with E-state index >= 15 is 0 Å². The van der Waals surface area contributed by atoms with Crippen molar-refractivity contribution >= 4 is 0 Å². The van der Waals surface area contributed by atoms with E-state index in [0.29, 0.717) is 28.9 Å². The molecule has 0 amide bonds. The summed E-state index contributed by atoms with van der Waals surface area (Å²) in [5, 5.41) is 0. The van der Waals surface area contributed by atoms with Crippen LogP contribution in [-0.2, 0) is 0 Å². The number of benzene rings is 5. The normalized spacial score (nSPS) is 10.9. The molecule has 48 heavy (non-hydrogen) atoms. The van der Waals surface area contributed by atoms with Crippen molar-refractivity contribution in [2.24, 2.45) is 0 Å². The van der Waals surface area contributed by atoms with Crippen LogP contribution in [0.15, 0.2) is 176 Å². The molecule has 8 aromatic rings. The van der Waals surface area contributed by atoms with Gasteiger partial charge in [-0.1, -0.05) is 133 Å². The Morgan fingerprint density at radius 1 is 0.271 bits per heavy atom. The van der Waals surface area contributed by atoms with Crippen molar-refractivity contribution in [1.29, 1.82) is 0 Å². The van der Waals surface area contributed by atoms with E-state index in [4.69, 9.17) is 15.0 Å². The second-order valence-electron chi connectivity index (χ2n) is 11.4. The summed E-state index contributed by atoms with van der Waals surface area (Å²) in [6.45, 7) is 0. The highest BCUT2D eigenvalue weighted by Crippen LogP contribution is 2.38. The van der Waals surface area contributed by atoms with Crippen molar-refractivity contribution in [3.63, 3.8) is 0 Å². The van der Waals surface area contributed by atoms with Crippen LogP contribution < -0.4 is 0 Å². The first-order valence-corrected chi connectivity index (χ1v) is 15.8. The molecule has 0 spiro atoms. The van der Waals surface area contributed by atoms with E-state index in [1.54, 1.807) is 12.4 Å². The van der Waals surface area contributed by atoms with E-state index in [1.807, 2.05) is 42.5 Å². The van der Waals surface area contributed by atoms with Crippen molar-refractivity contribution in [3.05, 3.63) is 176 Å². The van der Waals surface area contributed by atoms with Gasteiger partial charge in [0.05, 0.1) is 0 Å². The van der Waals surface area contributed by atoms with Crippen molar-refractivity contribution in [2.75, 3.05) is 0 Å². The van der Waals surface area contributed by atoms with Crippen LogP contribution in [0, 0.1) is 0 Å². The number of hydrogen-bond acceptors (Lipinski definition) is 5. The predicted octanol–water partition coefficient (Wildman–Crippen LogP) is 10.3. The van der Waals surface area contributed by atoms with Crippen molar-refractivity contribution in [3.8, 4) is 78.9 Å². The number of pyridine rings is 2. The van der Waals surface area contributed by atoms with E-state index in [2.05, 4.69) is 131 Å². The molecular weight excluding hydrogens is 587 g/mol. The van der Waals surface area contributed by atoms with Gasteiger partial charge in [-0.15, -0.1) is 0 Å². The first-order chi connectivity index (χ1) is 23.8. The molecule has 0 saturated carbocycles. The molecule has 0 aliphatic heterocycles. The summed E-state index contributed by atoms with van der Waals surface area (Å²) >= 11 is 0. The minimum Gasteiger partial charge on any atom is -0.253 e. The molecule has 8 rings (SSSR count). The van der Waals surface area contributed by atoms with Gasteiger partial charge in [-0.25, -0.2) is 15.0 Å². The molecular formula is C43H29N5. The lowest BCUT2D eigenvalue weighted by Gasteiger charge is -2.15. The van der Waals surface area contributed by atoms with Gasteiger partial charge in [-0.05, 0) is 74.8 Å². The zero-order valence-electron chi connectivity index (χ0n) is 26.0. The summed E-state index contributed by atoms with van der Waals surface area (Å²) in [7, 11) is 0. The quantitative estimate of drug-likeness (QED) is 0.178. The number of nitrogens with zero attached hydrogens (tertiary/aromatic N) is 5. The molecule has 5 heteroatoms. The average Bonchev–Trinajstić information content (AvgIpc) is 3.19. The Kier molecular flexibility index (Phi) is 7.83. The van der Waals surface area contributed by atoms with Crippen LogP contribution in [0.3, 0.4) is 0 Å². The zero-order chi connectivity index (χ0) is 32.1. The summed E-state index contributed by atoms with van der Waals surface area (Å²) < 4.78 is 0. The van der Waals surface area contributed by atoms with Gasteiger partial charge in [0.15, 0.2) is 17.5 Å². The highest BCUT2D eigenvalue weighted by atomic mass is 15.1. The Hall–Kier alpha value is -6.59. The fraction of sp³-hybridized carbons (Fsp3) is 0. The van der Waals surface area contributed by atoms with E-state index in [1.165, 1.54) is 22.3 Å². The molecule has 5 aromatic carbocycles. The molecule has 0 bridgehead atoms. The van der Waals surface area contributed by atoms with Crippen molar-refractivity contribution in [2.45, 2.75) is 0 Å². The topological polar surface area (TPSA) is 64.5 Å². The molecule has 0 saturated heterocycles. The van der Waals surface area contributed by atoms with Crippen molar-refractivity contribution < 1.29 is 0 Å². The van der Waals surface area contributed by atoms with Gasteiger partial charge in [-0.3, -0.25) is 9.97 Å². The molecule has 226 valence electrons. The Balaban J connectivity index is 1.23. The van der Waals surface area contributed by atoms with Gasteiger partial charge >= 0.3 is 0 Å². The number of aromatic nitrogens is 5. The largest absolute Gasteiger partial charge is 0.253 e. The van der Waals surface area contributed by atoms with Crippen LogP contribution in [0.1, 0.15) is 0 Å². The molecule has 0 N–H and O–H groups in total. The van der Waals surface area contributed by atoms with Gasteiger partial charge in [0.2, 0.25) is 0 Å². The highest BCUT2D eigenvalue weighted by Gasteiger charge is 2.16. The average molecular weight is 616 g/mol. The summed E-state index contributed by atoms with van der Waals surface area (Å²) in [4.78, 5) is 23.6. The Morgan fingerprint density at radius 3 is 1.17 bits per heavy atom. The highest BCUT2D eigenvalue weighted by molar-refractivity contribution is 5.89. The maximum absolute atomic E-state index is 4.90. The van der Waals surface area contributed by atoms with Gasteiger partial charge in [-0.2, -0.15) is 0 Å². The van der Waals surface area contributed by atoms with Gasteiger partial charge in [0.25, 0.3) is 0 Å². The summed E-state index contributed by atoms with van der Waals surface area (Å²) in [5.74, 6) is 1.55. The Bertz CT molecular complexity index is 2250. The lowest BCUT2D eigenvalue weighted by atomic mass is 9.90. The minimum atomic E-state index is 0.498. The van der Waals surface area contributed by atoms with Crippen LogP contribution in [0.25, 0.3) is 78.9 Å². The molecule has 3 heterocycles. The van der Waals surface area contributed by atoms with Crippen LogP contribution >= 0.6 is 0 Å². The minimum absolute atomic E-state index is 0.498. The Labute approximate surface area is 279 Å². The van der Waals surface area contributed by atoms with Gasteiger partial charge < -0.3 is 0 Å². The smallest absolute Gasteiger partial charge is 0.182 e. The maximum Gasteiger partial charge on any atom is 0.182 e. The van der Waals surface area contributed by atoms with E-state index in [0.717, 1.165) is 27.8 Å². The summed E-state index contributed by atoms with van der Waals surface area (Å²) in [6.07, 6.45) is 3.49. The first-order valence-electron chi connectivity index (χ1n) is 15.8. The molecule has 0 radical (unpaired) electrons. The molecule has 0 fully saturated rings. The number of rotatable bonds is 7. The molecule has 3 aromatic heterocycles. The van der Waals surface area contributed by atoms with Crippen molar-refractivity contribution in [1.82, 2.24) is 24.9 Å². The Morgan fingerprint density at radius 2 is 0.667 bits per heavy atom. The third kappa shape index (κ3) is 5.88. The number of hydrogen-bond donors (Lipinski definition) is 0. The molecule has 5 nitrogen and oxygen atoms in total. The van der Waals surface area contributed by atoms with Gasteiger partial charge in [0, 0.05) is 18.0 Å². The first kappa shape index (κ1) is 28.9. The van der Waals surface area contributed by atoms with Crippen LogP contribution in [0.2, 0.25) is 0 Å². The predicted molar refractivity (Wildman–Crippen MR) is 193 cm³/mol. The monoisotopic (exact) mass is 615 g/mol. The van der Waals surface area contributed by atoms with E-state index < -0.39 is 0 Å². The van der Waals surface area contributed by atoms with E-state index in [9.17, 15) is 0 Å². The fourth-order valence-electron chi connectivity index (χ4n) is 5.95. The van der Waals surface area contributed by atoms with Gasteiger partial charge in [0.1, 0.15) is 11.4 Å². The molecule has 0 unspecified atom stereocenters. The maximum atomic E-state index is 4.90. The SMILES string of the molecule is c1ccc(-c2ccccc2-c2ccc(-c3ccc(-c4nc(-c5ccccn5)nc(-c5ccccn5)n4)cc3-c3ccccc3)cc2)cc1. The molecule has 0 atom stereocenters. The second kappa shape index (κ2) is 13.0. The zero-order valence-corrected chi connectivity index (χ0v) is 26.0. The van der Waals surface area contributed by atoms with Crippen LogP contribution in [-0.4, -0.2) is 24.9 Å². The second-order valence-corrected chi connectivity index (χ2v) is 11.4. The third-order valence-corrected chi connectivity index (χ3v) is 8.30. The lowest BCUT2D eigenvalue weighted by molar-refractivity contribution is 1.05. The van der Waals surface area contributed by atoms with Crippen LogP contribution in [0.4, 0.5) is 0 Å². The molecule has 0 aliphatic carbocycles. The molecule has 0 aliphatic rings. The van der Waals surface area contributed by atoms with E-state index in [-0.39, 0.29) is 0 Å². The van der Waals surface area contributed by atoms with Crippen LogP contribution in [0.5, 0.6) is 0 Å². The fourth-order valence-corrected chi connectivity index (χ4v) is 5.95. The summed E-state index contributed by atoms with van der Waals surface area (Å²) in [6, 6.07) is 56.2. The standard InChI is InChI=1S/C43H29N5/c1-3-13-30(14-4-1)35-17-7-8-18-36(35)32-21-23-33(24-22-32)37-26-25-34(29-38(37)31-15-5-2-6-16-31)41-46-42(39-19-9-11-27-44-39)48-43(47-41)40-20-10-12-28-45-40/h1-29H.